The van der Waals surface area contributed by atoms with Crippen LogP contribution in [0.2, 0.25) is 0 Å². The molecule has 1 aromatic carbocycles. The summed E-state index contributed by atoms with van der Waals surface area (Å²) in [4.78, 5) is 17.4. The van der Waals surface area contributed by atoms with Gasteiger partial charge < -0.3 is 9.88 Å². The van der Waals surface area contributed by atoms with Gasteiger partial charge in [0.25, 0.3) is 0 Å². The Morgan fingerprint density at radius 1 is 1.35 bits per heavy atom. The molecule has 0 aliphatic rings. The number of aromatic nitrogens is 1. The number of nitriles is 1. The summed E-state index contributed by atoms with van der Waals surface area (Å²) in [5.74, 6) is -0.774. The molecule has 0 radical (unpaired) electrons. The van der Waals surface area contributed by atoms with E-state index in [4.69, 9.17) is 0 Å². The summed E-state index contributed by atoms with van der Waals surface area (Å²) in [6.07, 6.45) is 0. The van der Waals surface area contributed by atoms with Crippen LogP contribution in [0, 0.1) is 30.1 Å². The van der Waals surface area contributed by atoms with Crippen LogP contribution in [0.4, 0.5) is 5.69 Å². The molecule has 20 heavy (non-hydrogen) atoms. The zero-order valence-corrected chi connectivity index (χ0v) is 12.3. The molecule has 1 unspecified atom stereocenters. The van der Waals surface area contributed by atoms with Gasteiger partial charge in [0.1, 0.15) is 5.92 Å². The highest BCUT2D eigenvalue weighted by molar-refractivity contribution is 6.05. The topological polar surface area (TPSA) is 59.9 Å². The van der Waals surface area contributed by atoms with E-state index in [1.807, 2.05) is 45.0 Å². The average molecular weight is 269 g/mol. The number of nitrogens with one attached hydrogen (secondary N) is 1. The largest absolute Gasteiger partial charge is 0.357 e. The van der Waals surface area contributed by atoms with Crippen molar-refractivity contribution in [3.8, 4) is 6.07 Å². The number of anilines is 1. The second-order valence-corrected chi connectivity index (χ2v) is 5.39. The maximum Gasteiger partial charge on any atom is 0.244 e. The second kappa shape index (κ2) is 5.38. The summed E-state index contributed by atoms with van der Waals surface area (Å²) in [5, 5.41) is 10.2. The molecule has 1 aromatic heterocycles. The van der Waals surface area contributed by atoms with Gasteiger partial charge in [-0.25, -0.2) is 0 Å². The van der Waals surface area contributed by atoms with E-state index in [1.165, 1.54) is 0 Å². The Balaban J connectivity index is 2.46. The van der Waals surface area contributed by atoms with Gasteiger partial charge in [0.2, 0.25) is 5.91 Å². The van der Waals surface area contributed by atoms with Crippen LogP contribution in [0.1, 0.15) is 19.5 Å². The Bertz CT molecular complexity index is 679. The maximum absolute atomic E-state index is 12.5. The molecular weight excluding hydrogens is 250 g/mol. The Labute approximate surface area is 119 Å². The molecular formula is C16H19N3O. The highest BCUT2D eigenvalue weighted by atomic mass is 16.2. The van der Waals surface area contributed by atoms with E-state index in [-0.39, 0.29) is 11.8 Å². The van der Waals surface area contributed by atoms with Gasteiger partial charge in [-0.15, -0.1) is 0 Å². The summed E-state index contributed by atoms with van der Waals surface area (Å²) in [5.41, 5.74) is 2.78. The standard InChI is InChI=1S/C16H19N3O/c1-10(2)13(9-17)16(20)19(4)15-11(3)18-14-8-6-5-7-12(14)15/h5-8,10,13,18H,1-4H3. The van der Waals surface area contributed by atoms with Crippen LogP contribution >= 0.6 is 0 Å². The quantitative estimate of drug-likeness (QED) is 0.929. The third-order valence-electron chi connectivity index (χ3n) is 3.60. The third-order valence-corrected chi connectivity index (χ3v) is 3.60. The van der Waals surface area contributed by atoms with Crippen LogP contribution < -0.4 is 4.90 Å². The normalized spacial score (nSPS) is 12.4. The predicted octanol–water partition coefficient (Wildman–Crippen LogP) is 3.23. The van der Waals surface area contributed by atoms with Gasteiger partial charge in [0.15, 0.2) is 0 Å². The lowest BCUT2D eigenvalue weighted by molar-refractivity contribution is -0.121. The summed E-state index contributed by atoms with van der Waals surface area (Å²) < 4.78 is 0. The average Bonchev–Trinajstić information content (AvgIpc) is 2.74. The fourth-order valence-electron chi connectivity index (χ4n) is 2.50. The van der Waals surface area contributed by atoms with Crippen LogP contribution in [0.3, 0.4) is 0 Å². The van der Waals surface area contributed by atoms with Crippen LogP contribution in [0.5, 0.6) is 0 Å². The van der Waals surface area contributed by atoms with Crippen molar-refractivity contribution in [3.05, 3.63) is 30.0 Å². The number of nitrogens with zero attached hydrogens (tertiary/aromatic N) is 2. The predicted molar refractivity (Wildman–Crippen MR) is 80.4 cm³/mol. The van der Waals surface area contributed by atoms with Gasteiger partial charge >= 0.3 is 0 Å². The number of fused-ring (bicyclic) bond motifs is 1. The number of para-hydroxylation sites is 1. The number of aromatic amines is 1. The molecule has 0 saturated heterocycles. The van der Waals surface area contributed by atoms with E-state index in [0.29, 0.717) is 0 Å². The minimum absolute atomic E-state index is 0.000428. The number of rotatable bonds is 3. The first-order chi connectivity index (χ1) is 9.47. The third kappa shape index (κ3) is 2.27. The number of H-pyrrole nitrogens is 1. The summed E-state index contributed by atoms with van der Waals surface area (Å²) in [6.45, 7) is 5.72. The van der Waals surface area contributed by atoms with Gasteiger partial charge in [0.05, 0.1) is 11.8 Å². The highest BCUT2D eigenvalue weighted by Gasteiger charge is 2.27. The molecule has 1 heterocycles. The maximum atomic E-state index is 12.5. The number of benzene rings is 1. The van der Waals surface area contributed by atoms with Gasteiger partial charge in [0, 0.05) is 23.6 Å². The summed E-state index contributed by atoms with van der Waals surface area (Å²) in [7, 11) is 1.73. The van der Waals surface area contributed by atoms with Gasteiger partial charge in [-0.1, -0.05) is 32.0 Å². The van der Waals surface area contributed by atoms with Gasteiger partial charge in [-0.2, -0.15) is 5.26 Å². The molecule has 1 amide bonds. The Hall–Kier alpha value is -2.28. The molecule has 0 spiro atoms. The van der Waals surface area contributed by atoms with Crippen LogP contribution in [-0.4, -0.2) is 17.9 Å². The first-order valence-corrected chi connectivity index (χ1v) is 6.71. The molecule has 1 N–H and O–H groups in total. The SMILES string of the molecule is Cc1[nH]c2ccccc2c1N(C)C(=O)C(C#N)C(C)C. The number of amides is 1. The molecule has 0 fully saturated rings. The first kappa shape index (κ1) is 14.1. The Kier molecular flexibility index (Phi) is 3.80. The minimum Gasteiger partial charge on any atom is -0.357 e. The Morgan fingerprint density at radius 2 is 2.00 bits per heavy atom. The van der Waals surface area contributed by atoms with E-state index in [9.17, 15) is 10.1 Å². The van der Waals surface area contributed by atoms with Crippen molar-refractivity contribution in [3.63, 3.8) is 0 Å². The van der Waals surface area contributed by atoms with Gasteiger partial charge in [-0.05, 0) is 18.9 Å². The molecule has 104 valence electrons. The fourth-order valence-corrected chi connectivity index (χ4v) is 2.50. The molecule has 0 aliphatic heterocycles. The first-order valence-electron chi connectivity index (χ1n) is 6.71. The van der Waals surface area contributed by atoms with Crippen molar-refractivity contribution in [1.82, 2.24) is 4.98 Å². The van der Waals surface area contributed by atoms with E-state index in [0.717, 1.165) is 22.3 Å². The lowest BCUT2D eigenvalue weighted by atomic mass is 9.96. The second-order valence-electron chi connectivity index (χ2n) is 5.39. The van der Waals surface area contributed by atoms with Crippen molar-refractivity contribution in [2.45, 2.75) is 20.8 Å². The molecule has 2 rings (SSSR count). The lowest BCUT2D eigenvalue weighted by Crippen LogP contribution is -2.35. The molecule has 0 saturated carbocycles. The molecule has 4 heteroatoms. The highest BCUT2D eigenvalue weighted by Crippen LogP contribution is 2.31. The zero-order valence-electron chi connectivity index (χ0n) is 12.3. The molecule has 2 aromatic rings. The van der Waals surface area contributed by atoms with Crippen molar-refractivity contribution in [1.29, 1.82) is 5.26 Å². The van der Waals surface area contributed by atoms with Crippen LogP contribution in [-0.2, 0) is 4.79 Å². The van der Waals surface area contributed by atoms with Crippen molar-refractivity contribution in [2.75, 3.05) is 11.9 Å². The fraction of sp³-hybridized carbons (Fsp3) is 0.375. The minimum atomic E-state index is -0.618. The van der Waals surface area contributed by atoms with Crippen molar-refractivity contribution < 1.29 is 4.79 Å². The molecule has 0 aliphatic carbocycles. The molecule has 4 nitrogen and oxygen atoms in total. The van der Waals surface area contributed by atoms with E-state index < -0.39 is 5.92 Å². The van der Waals surface area contributed by atoms with E-state index >= 15 is 0 Å². The summed E-state index contributed by atoms with van der Waals surface area (Å²) >= 11 is 0. The number of carbonyl (C=O) groups excluding carboxylic acids is 1. The zero-order chi connectivity index (χ0) is 14.9. The monoisotopic (exact) mass is 269 g/mol. The van der Waals surface area contributed by atoms with E-state index in [2.05, 4.69) is 11.1 Å². The van der Waals surface area contributed by atoms with Crippen LogP contribution in [0.25, 0.3) is 10.9 Å². The van der Waals surface area contributed by atoms with Crippen molar-refractivity contribution in [2.24, 2.45) is 11.8 Å². The number of hydrogen-bond donors (Lipinski definition) is 1. The van der Waals surface area contributed by atoms with Crippen molar-refractivity contribution >= 4 is 22.5 Å². The van der Waals surface area contributed by atoms with Crippen LogP contribution in [0.15, 0.2) is 24.3 Å². The lowest BCUT2D eigenvalue weighted by Gasteiger charge is -2.22. The number of carbonyl (C=O) groups is 1. The van der Waals surface area contributed by atoms with E-state index in [1.54, 1.807) is 11.9 Å². The molecule has 1 atom stereocenters. The number of hydrogen-bond acceptors (Lipinski definition) is 2. The smallest absolute Gasteiger partial charge is 0.244 e. The molecule has 0 bridgehead atoms. The summed E-state index contributed by atoms with van der Waals surface area (Å²) in [6, 6.07) is 9.97. The number of aryl methyl sites for hydroxylation is 1. The Morgan fingerprint density at radius 3 is 2.60 bits per heavy atom. The van der Waals surface area contributed by atoms with Gasteiger partial charge in [-0.3, -0.25) is 4.79 Å².